The van der Waals surface area contributed by atoms with E-state index in [0.29, 0.717) is 5.56 Å². The Morgan fingerprint density at radius 1 is 1.60 bits per heavy atom. The number of carbonyl (C=O) groups is 1. The van der Waals surface area contributed by atoms with Crippen molar-refractivity contribution in [3.05, 3.63) is 29.8 Å². The Hall–Kier alpha value is -1.45. The molecule has 0 amide bonds. The molecule has 3 nitrogen and oxygen atoms in total. The molecule has 0 spiro atoms. The molecule has 1 aromatic heterocycles. The van der Waals surface area contributed by atoms with Gasteiger partial charge in [-0.05, 0) is 18.9 Å². The summed E-state index contributed by atoms with van der Waals surface area (Å²) in [6.45, 7) is 0. The number of rotatable bonds is 3. The first-order valence-electron chi connectivity index (χ1n) is 4.97. The Kier molecular flexibility index (Phi) is 2.42. The third-order valence-electron chi connectivity index (χ3n) is 3.13. The predicted octanol–water partition coefficient (Wildman–Crippen LogP) is 2.12. The summed E-state index contributed by atoms with van der Waals surface area (Å²) in [6.07, 6.45) is 3.81. The Balaban J connectivity index is 2.34. The summed E-state index contributed by atoms with van der Waals surface area (Å²) in [4.78, 5) is 14.3. The van der Waals surface area contributed by atoms with Crippen LogP contribution < -0.4 is 0 Å². The van der Waals surface area contributed by atoms with Crippen molar-refractivity contribution in [2.75, 3.05) is 0 Å². The van der Waals surface area contributed by atoms with Crippen LogP contribution in [-0.4, -0.2) is 16.1 Å². The first-order chi connectivity index (χ1) is 7.14. The van der Waals surface area contributed by atoms with Crippen LogP contribution in [0.4, 0.5) is 4.39 Å². The minimum Gasteiger partial charge on any atom is -0.481 e. The second-order valence-electron chi connectivity index (χ2n) is 4.05. The van der Waals surface area contributed by atoms with Crippen LogP contribution in [0.1, 0.15) is 31.2 Å². The van der Waals surface area contributed by atoms with E-state index in [4.69, 9.17) is 5.11 Å². The van der Waals surface area contributed by atoms with Crippen LogP contribution in [0.3, 0.4) is 0 Å². The summed E-state index contributed by atoms with van der Waals surface area (Å²) in [7, 11) is 0. The summed E-state index contributed by atoms with van der Waals surface area (Å²) in [5, 5.41) is 8.82. The highest BCUT2D eigenvalue weighted by atomic mass is 19.1. The lowest BCUT2D eigenvalue weighted by Gasteiger charge is -2.41. The fourth-order valence-electron chi connectivity index (χ4n) is 2.22. The van der Waals surface area contributed by atoms with Gasteiger partial charge in [-0.25, -0.2) is 4.98 Å². The van der Waals surface area contributed by atoms with Crippen LogP contribution in [0.5, 0.6) is 0 Å². The van der Waals surface area contributed by atoms with E-state index in [1.54, 1.807) is 12.1 Å². The van der Waals surface area contributed by atoms with Gasteiger partial charge in [0.25, 0.3) is 0 Å². The Bertz CT molecular complexity index is 388. The van der Waals surface area contributed by atoms with Crippen molar-refractivity contribution in [1.29, 1.82) is 0 Å². The van der Waals surface area contributed by atoms with Gasteiger partial charge < -0.3 is 5.11 Å². The zero-order chi connectivity index (χ0) is 10.9. The molecular formula is C11H12FNO2. The fourth-order valence-corrected chi connectivity index (χ4v) is 2.22. The number of carboxylic acid groups (broad SMARTS) is 1. The number of hydrogen-bond donors (Lipinski definition) is 1. The predicted molar refractivity (Wildman–Crippen MR) is 52.0 cm³/mol. The molecule has 0 aromatic carbocycles. The van der Waals surface area contributed by atoms with Gasteiger partial charge >= 0.3 is 5.97 Å². The number of pyridine rings is 1. The number of aliphatic carboxylic acids is 1. The van der Waals surface area contributed by atoms with E-state index < -0.39 is 17.3 Å². The highest BCUT2D eigenvalue weighted by Crippen LogP contribution is 2.46. The Morgan fingerprint density at radius 3 is 2.80 bits per heavy atom. The molecule has 0 radical (unpaired) electrons. The van der Waals surface area contributed by atoms with Gasteiger partial charge in [0, 0.05) is 17.2 Å². The normalized spacial score (nSPS) is 18.2. The fraction of sp³-hybridized carbons (Fsp3) is 0.455. The smallest absolute Gasteiger partial charge is 0.304 e. The molecule has 0 atom stereocenters. The van der Waals surface area contributed by atoms with E-state index in [2.05, 4.69) is 4.98 Å². The van der Waals surface area contributed by atoms with Gasteiger partial charge in [0.05, 0.1) is 6.42 Å². The molecule has 1 aromatic rings. The van der Waals surface area contributed by atoms with Crippen molar-refractivity contribution in [3.63, 3.8) is 0 Å². The molecule has 1 saturated carbocycles. The first kappa shape index (κ1) is 10.1. The SMILES string of the molecule is O=C(O)CC1(c2cccnc2F)CCC1. The van der Waals surface area contributed by atoms with E-state index in [1.807, 2.05) is 0 Å². The molecule has 0 saturated heterocycles. The van der Waals surface area contributed by atoms with Crippen LogP contribution in [0.2, 0.25) is 0 Å². The molecule has 0 unspecified atom stereocenters. The molecule has 80 valence electrons. The van der Waals surface area contributed by atoms with Crippen LogP contribution >= 0.6 is 0 Å². The Labute approximate surface area is 87.0 Å². The van der Waals surface area contributed by atoms with E-state index >= 15 is 0 Å². The van der Waals surface area contributed by atoms with Gasteiger partial charge in [-0.1, -0.05) is 12.5 Å². The maximum atomic E-state index is 13.5. The number of nitrogens with zero attached hydrogens (tertiary/aromatic N) is 1. The van der Waals surface area contributed by atoms with E-state index in [9.17, 15) is 9.18 Å². The average Bonchev–Trinajstić information content (AvgIpc) is 2.12. The maximum Gasteiger partial charge on any atom is 0.304 e. The molecule has 0 aliphatic heterocycles. The molecule has 0 bridgehead atoms. The summed E-state index contributed by atoms with van der Waals surface area (Å²) < 4.78 is 13.5. The van der Waals surface area contributed by atoms with E-state index in [0.717, 1.165) is 19.3 Å². The summed E-state index contributed by atoms with van der Waals surface area (Å²) >= 11 is 0. The molecule has 1 aliphatic rings. The van der Waals surface area contributed by atoms with Crippen molar-refractivity contribution in [2.24, 2.45) is 0 Å². The third-order valence-corrected chi connectivity index (χ3v) is 3.13. The van der Waals surface area contributed by atoms with Crippen molar-refractivity contribution < 1.29 is 14.3 Å². The quantitative estimate of drug-likeness (QED) is 0.776. The summed E-state index contributed by atoms with van der Waals surface area (Å²) in [5.74, 6) is -1.41. The molecule has 15 heavy (non-hydrogen) atoms. The molecular weight excluding hydrogens is 197 g/mol. The third kappa shape index (κ3) is 1.71. The van der Waals surface area contributed by atoms with Crippen molar-refractivity contribution in [2.45, 2.75) is 31.1 Å². The highest BCUT2D eigenvalue weighted by molar-refractivity contribution is 5.69. The molecule has 4 heteroatoms. The minimum atomic E-state index is -0.877. The zero-order valence-electron chi connectivity index (χ0n) is 8.24. The number of aromatic nitrogens is 1. The van der Waals surface area contributed by atoms with Crippen LogP contribution in [0, 0.1) is 5.95 Å². The lowest BCUT2D eigenvalue weighted by atomic mass is 9.63. The standard InChI is InChI=1S/C11H12FNO2/c12-10-8(3-1-6-13-10)11(4-2-5-11)7-9(14)15/h1,3,6H,2,4-5,7H2,(H,14,15). The van der Waals surface area contributed by atoms with Gasteiger partial charge in [-0.15, -0.1) is 0 Å². The van der Waals surface area contributed by atoms with Crippen LogP contribution in [0.15, 0.2) is 18.3 Å². The average molecular weight is 209 g/mol. The zero-order valence-corrected chi connectivity index (χ0v) is 8.24. The molecule has 1 N–H and O–H groups in total. The molecule has 1 fully saturated rings. The number of carboxylic acids is 1. The van der Waals surface area contributed by atoms with Crippen LogP contribution in [-0.2, 0) is 10.2 Å². The van der Waals surface area contributed by atoms with Gasteiger partial charge in [0.1, 0.15) is 0 Å². The van der Waals surface area contributed by atoms with Crippen molar-refractivity contribution in [1.82, 2.24) is 4.98 Å². The molecule has 2 rings (SSSR count). The van der Waals surface area contributed by atoms with Gasteiger partial charge in [-0.2, -0.15) is 4.39 Å². The summed E-state index contributed by atoms with van der Waals surface area (Å²) in [5.41, 5.74) is -0.0527. The van der Waals surface area contributed by atoms with Crippen molar-refractivity contribution >= 4 is 5.97 Å². The Morgan fingerprint density at radius 2 is 2.33 bits per heavy atom. The monoisotopic (exact) mass is 209 g/mol. The van der Waals surface area contributed by atoms with Crippen LogP contribution in [0.25, 0.3) is 0 Å². The first-order valence-corrected chi connectivity index (χ1v) is 4.97. The summed E-state index contributed by atoms with van der Waals surface area (Å²) in [6, 6.07) is 3.30. The van der Waals surface area contributed by atoms with Crippen molar-refractivity contribution in [3.8, 4) is 0 Å². The maximum absolute atomic E-state index is 13.5. The largest absolute Gasteiger partial charge is 0.481 e. The lowest BCUT2D eigenvalue weighted by molar-refractivity contribution is -0.139. The van der Waals surface area contributed by atoms with Gasteiger partial charge in [0.15, 0.2) is 0 Å². The highest BCUT2D eigenvalue weighted by Gasteiger charge is 2.42. The number of hydrogen-bond acceptors (Lipinski definition) is 2. The lowest BCUT2D eigenvalue weighted by Crippen LogP contribution is -2.37. The van der Waals surface area contributed by atoms with E-state index in [1.165, 1.54) is 6.20 Å². The second-order valence-corrected chi connectivity index (χ2v) is 4.05. The number of halogens is 1. The van der Waals surface area contributed by atoms with Gasteiger partial charge in [-0.3, -0.25) is 4.79 Å². The second kappa shape index (κ2) is 3.61. The van der Waals surface area contributed by atoms with Gasteiger partial charge in [0.2, 0.25) is 5.95 Å². The minimum absolute atomic E-state index is 0.00435. The topological polar surface area (TPSA) is 50.2 Å². The molecule has 1 aliphatic carbocycles. The molecule has 1 heterocycles. The van der Waals surface area contributed by atoms with E-state index in [-0.39, 0.29) is 6.42 Å².